The molecule has 0 amide bonds. The molecule has 1 aliphatic carbocycles. The first-order chi connectivity index (χ1) is 11.9. The van der Waals surface area contributed by atoms with E-state index in [2.05, 4.69) is 33.6 Å². The van der Waals surface area contributed by atoms with Crippen molar-refractivity contribution < 1.29 is 0 Å². The van der Waals surface area contributed by atoms with E-state index in [1.54, 1.807) is 11.8 Å². The Morgan fingerprint density at radius 1 is 1.12 bits per heavy atom. The lowest BCUT2D eigenvalue weighted by atomic mass is 9.97. The highest BCUT2D eigenvalue weighted by Gasteiger charge is 2.08. The molecule has 0 saturated heterocycles. The Bertz CT molecular complexity index is 829. The van der Waals surface area contributed by atoms with E-state index in [-0.39, 0.29) is 0 Å². The molecule has 0 unspecified atom stereocenters. The molecule has 5 nitrogen and oxygen atoms in total. The van der Waals surface area contributed by atoms with E-state index in [0.29, 0.717) is 0 Å². The van der Waals surface area contributed by atoms with Gasteiger partial charge in [-0.3, -0.25) is 4.68 Å². The zero-order valence-electron chi connectivity index (χ0n) is 13.7. The summed E-state index contributed by atoms with van der Waals surface area (Å²) in [6.07, 6.45) is 14.4. The molecule has 0 N–H and O–H groups in total. The smallest absolute Gasteiger partial charge is 0.113 e. The Morgan fingerprint density at radius 2 is 2.12 bits per heavy atom. The van der Waals surface area contributed by atoms with Gasteiger partial charge in [-0.1, -0.05) is 29.0 Å². The fraction of sp³-hybridized carbons (Fsp3) is 0.316. The summed E-state index contributed by atoms with van der Waals surface area (Å²) in [6.45, 7) is 0.900. The third kappa shape index (κ3) is 3.30. The van der Waals surface area contributed by atoms with Gasteiger partial charge in [0.15, 0.2) is 0 Å². The molecule has 0 bridgehead atoms. The normalized spacial score (nSPS) is 14.6. The topological polar surface area (TPSA) is 48.5 Å². The van der Waals surface area contributed by atoms with Crippen LogP contribution in [0, 0.1) is 0 Å². The maximum atomic E-state index is 4.34. The van der Waals surface area contributed by atoms with Crippen LogP contribution in [0.25, 0.3) is 16.9 Å². The van der Waals surface area contributed by atoms with Crippen molar-refractivity contribution in [2.75, 3.05) is 0 Å². The molecular formula is C19H21N5. The number of aromatic nitrogens is 5. The van der Waals surface area contributed by atoms with E-state index in [9.17, 15) is 0 Å². The monoisotopic (exact) mass is 319 g/mol. The highest BCUT2D eigenvalue weighted by Crippen LogP contribution is 2.22. The van der Waals surface area contributed by atoms with Crippen molar-refractivity contribution in [3.8, 4) is 16.9 Å². The minimum Gasteiger partial charge on any atom is -0.252 e. The van der Waals surface area contributed by atoms with Gasteiger partial charge < -0.3 is 0 Å². The second-order valence-corrected chi connectivity index (χ2v) is 6.23. The van der Waals surface area contributed by atoms with Crippen LogP contribution in [0.4, 0.5) is 0 Å². The average molecular weight is 319 g/mol. The Hall–Kier alpha value is -2.69. The molecule has 122 valence electrons. The van der Waals surface area contributed by atoms with Crippen LogP contribution < -0.4 is 0 Å². The molecule has 3 aromatic rings. The second-order valence-electron chi connectivity index (χ2n) is 6.23. The van der Waals surface area contributed by atoms with Crippen LogP contribution in [-0.2, 0) is 6.54 Å². The first-order valence-corrected chi connectivity index (χ1v) is 8.57. The van der Waals surface area contributed by atoms with Crippen molar-refractivity contribution in [3.63, 3.8) is 0 Å². The lowest BCUT2D eigenvalue weighted by Crippen LogP contribution is -2.02. The molecule has 4 rings (SSSR count). The van der Waals surface area contributed by atoms with Crippen molar-refractivity contribution in [3.05, 3.63) is 60.6 Å². The number of rotatable bonds is 5. The minimum absolute atomic E-state index is 0.900. The van der Waals surface area contributed by atoms with Crippen LogP contribution >= 0.6 is 0 Å². The summed E-state index contributed by atoms with van der Waals surface area (Å²) in [5, 5.41) is 12.9. The SMILES string of the molecule is C1=C(CCn2cc(-c3cccc(-n4cccn4)c3)nn2)CCCC1. The summed E-state index contributed by atoms with van der Waals surface area (Å²) in [4.78, 5) is 0. The predicted octanol–water partition coefficient (Wildman–Crippen LogP) is 4.02. The first-order valence-electron chi connectivity index (χ1n) is 8.57. The summed E-state index contributed by atoms with van der Waals surface area (Å²) in [7, 11) is 0. The van der Waals surface area contributed by atoms with E-state index in [1.807, 2.05) is 40.0 Å². The summed E-state index contributed by atoms with van der Waals surface area (Å²) in [5.74, 6) is 0. The standard InChI is InChI=1S/C19H21N5/c1-2-6-16(7-3-1)10-13-23-15-19(21-22-23)17-8-4-9-18(14-17)24-12-5-11-20-24/h4-6,8-9,11-12,14-15H,1-3,7,10,13H2. The Balaban J connectivity index is 1.48. The molecule has 2 heterocycles. The van der Waals surface area contributed by atoms with Crippen molar-refractivity contribution in [2.24, 2.45) is 0 Å². The van der Waals surface area contributed by atoms with E-state index < -0.39 is 0 Å². The van der Waals surface area contributed by atoms with Gasteiger partial charge in [0.25, 0.3) is 0 Å². The zero-order valence-corrected chi connectivity index (χ0v) is 13.7. The van der Waals surface area contributed by atoms with Gasteiger partial charge in [-0.25, -0.2) is 4.68 Å². The molecule has 0 spiro atoms. The van der Waals surface area contributed by atoms with Crippen LogP contribution in [0.5, 0.6) is 0 Å². The molecular weight excluding hydrogens is 298 g/mol. The average Bonchev–Trinajstić information content (AvgIpc) is 3.33. The van der Waals surface area contributed by atoms with Crippen molar-refractivity contribution >= 4 is 0 Å². The lowest BCUT2D eigenvalue weighted by molar-refractivity contribution is 0.565. The largest absolute Gasteiger partial charge is 0.252 e. The van der Waals surface area contributed by atoms with Gasteiger partial charge in [-0.2, -0.15) is 5.10 Å². The molecule has 5 heteroatoms. The van der Waals surface area contributed by atoms with Gasteiger partial charge >= 0.3 is 0 Å². The summed E-state index contributed by atoms with van der Waals surface area (Å²) >= 11 is 0. The first kappa shape index (κ1) is 14.9. The van der Waals surface area contributed by atoms with Gasteiger partial charge in [-0.15, -0.1) is 5.10 Å². The van der Waals surface area contributed by atoms with E-state index >= 15 is 0 Å². The number of allylic oxidation sites excluding steroid dienone is 2. The number of nitrogens with zero attached hydrogens (tertiary/aromatic N) is 5. The summed E-state index contributed by atoms with van der Waals surface area (Å²) < 4.78 is 3.80. The highest BCUT2D eigenvalue weighted by molar-refractivity contribution is 5.61. The van der Waals surface area contributed by atoms with Crippen LogP contribution in [0.15, 0.2) is 60.6 Å². The van der Waals surface area contributed by atoms with Gasteiger partial charge in [0.1, 0.15) is 5.69 Å². The fourth-order valence-corrected chi connectivity index (χ4v) is 3.16. The van der Waals surface area contributed by atoms with Gasteiger partial charge in [0.05, 0.1) is 11.9 Å². The molecule has 0 atom stereocenters. The lowest BCUT2D eigenvalue weighted by Gasteiger charge is -2.11. The maximum absolute atomic E-state index is 4.34. The molecule has 0 radical (unpaired) electrons. The number of hydrogen-bond acceptors (Lipinski definition) is 3. The molecule has 0 saturated carbocycles. The van der Waals surface area contributed by atoms with Gasteiger partial charge in [0.2, 0.25) is 0 Å². The van der Waals surface area contributed by atoms with Gasteiger partial charge in [-0.05, 0) is 50.3 Å². The number of hydrogen-bond donors (Lipinski definition) is 0. The molecule has 2 aromatic heterocycles. The summed E-state index contributed by atoms with van der Waals surface area (Å²) in [5.41, 5.74) is 4.56. The Labute approximate surface area is 141 Å². The maximum Gasteiger partial charge on any atom is 0.113 e. The zero-order chi connectivity index (χ0) is 16.2. The van der Waals surface area contributed by atoms with E-state index in [4.69, 9.17) is 0 Å². The Kier molecular flexibility index (Phi) is 4.23. The molecule has 0 fully saturated rings. The van der Waals surface area contributed by atoms with E-state index in [0.717, 1.165) is 29.9 Å². The van der Waals surface area contributed by atoms with Crippen molar-refractivity contribution in [1.29, 1.82) is 0 Å². The predicted molar refractivity (Wildman–Crippen MR) is 93.7 cm³/mol. The van der Waals surface area contributed by atoms with Crippen LogP contribution in [0.3, 0.4) is 0 Å². The van der Waals surface area contributed by atoms with Crippen LogP contribution in [-0.4, -0.2) is 24.8 Å². The number of benzene rings is 1. The third-order valence-corrected chi connectivity index (χ3v) is 4.50. The van der Waals surface area contributed by atoms with Crippen LogP contribution in [0.1, 0.15) is 32.1 Å². The third-order valence-electron chi connectivity index (χ3n) is 4.50. The van der Waals surface area contributed by atoms with E-state index in [1.165, 1.54) is 25.7 Å². The highest BCUT2D eigenvalue weighted by atomic mass is 15.4. The van der Waals surface area contributed by atoms with Crippen molar-refractivity contribution in [2.45, 2.75) is 38.6 Å². The summed E-state index contributed by atoms with van der Waals surface area (Å²) in [6, 6.07) is 10.1. The molecule has 24 heavy (non-hydrogen) atoms. The van der Waals surface area contributed by atoms with Crippen LogP contribution in [0.2, 0.25) is 0 Å². The van der Waals surface area contributed by atoms with Gasteiger partial charge in [0, 0.05) is 24.5 Å². The fourth-order valence-electron chi connectivity index (χ4n) is 3.16. The Morgan fingerprint density at radius 3 is 2.96 bits per heavy atom. The molecule has 1 aliphatic rings. The second kappa shape index (κ2) is 6.83. The minimum atomic E-state index is 0.900. The molecule has 0 aliphatic heterocycles. The molecule has 1 aromatic carbocycles. The van der Waals surface area contributed by atoms with Crippen molar-refractivity contribution in [1.82, 2.24) is 24.8 Å². The number of aryl methyl sites for hydroxylation is 1. The quantitative estimate of drug-likeness (QED) is 0.667.